The Morgan fingerprint density at radius 2 is 2.21 bits per heavy atom. The number of hydrogen-bond acceptors (Lipinski definition) is 4. The molecule has 2 aromatic rings. The average molecular weight is 280 g/mol. The Hall–Kier alpha value is -1.27. The number of hydrogen-bond donors (Lipinski definition) is 1. The van der Waals surface area contributed by atoms with Gasteiger partial charge in [-0.25, -0.2) is 9.97 Å². The van der Waals surface area contributed by atoms with Gasteiger partial charge in [0, 0.05) is 25.6 Å². The number of anilines is 1. The van der Waals surface area contributed by atoms with Gasteiger partial charge < -0.3 is 14.9 Å². The van der Waals surface area contributed by atoms with Crippen LogP contribution in [0.1, 0.15) is 24.7 Å². The van der Waals surface area contributed by atoms with E-state index in [-0.39, 0.29) is 0 Å². The van der Waals surface area contributed by atoms with E-state index < -0.39 is 11.2 Å². The molecule has 0 aliphatic heterocycles. The molecule has 2 heterocycles. The molecule has 1 atom stereocenters. The van der Waals surface area contributed by atoms with Crippen molar-refractivity contribution in [2.45, 2.75) is 33.2 Å². The number of aryl methyl sites for hydroxylation is 3. The summed E-state index contributed by atoms with van der Waals surface area (Å²) in [6.45, 7) is 4.92. The average Bonchev–Trinajstić information content (AvgIpc) is 2.74. The summed E-state index contributed by atoms with van der Waals surface area (Å²) in [6.07, 6.45) is 5.25. The summed E-state index contributed by atoms with van der Waals surface area (Å²) in [5.74, 6) is 2.20. The van der Waals surface area contributed by atoms with E-state index in [2.05, 4.69) is 21.5 Å². The van der Waals surface area contributed by atoms with Crippen LogP contribution in [0.25, 0.3) is 11.0 Å². The van der Waals surface area contributed by atoms with E-state index in [4.69, 9.17) is 5.73 Å². The lowest BCUT2D eigenvalue weighted by molar-refractivity contribution is 0.589. The third-order valence-corrected chi connectivity index (χ3v) is 4.05. The number of imidazole rings is 1. The highest BCUT2D eigenvalue weighted by atomic mass is 32.2. The molecule has 2 rings (SSSR count). The first-order valence-corrected chi connectivity index (χ1v) is 8.17. The zero-order valence-corrected chi connectivity index (χ0v) is 12.5. The Morgan fingerprint density at radius 1 is 1.47 bits per heavy atom. The minimum absolute atomic E-state index is 0.480. The van der Waals surface area contributed by atoms with Gasteiger partial charge in [0.1, 0.15) is 17.1 Å². The fourth-order valence-electron chi connectivity index (χ4n) is 2.30. The van der Waals surface area contributed by atoms with Gasteiger partial charge in [0.25, 0.3) is 0 Å². The van der Waals surface area contributed by atoms with E-state index in [1.165, 1.54) is 0 Å². The lowest BCUT2D eigenvalue weighted by atomic mass is 10.2. The fraction of sp³-hybridized carbons (Fsp3) is 0.538. The van der Waals surface area contributed by atoms with Crippen molar-refractivity contribution in [2.75, 3.05) is 17.7 Å². The van der Waals surface area contributed by atoms with E-state index in [9.17, 15) is 4.55 Å². The standard InChI is InChI=1S/C13H20N4OS/c1-4-10-16-11-12(9(2)8-15-13(11)14)17(10)6-5-7-19(3)18/h8H,4-7H2,1-3H3,(H2,14,15). The molecule has 0 fully saturated rings. The number of aromatic nitrogens is 3. The lowest BCUT2D eigenvalue weighted by Gasteiger charge is -2.10. The van der Waals surface area contributed by atoms with Crippen LogP contribution < -0.4 is 5.73 Å². The van der Waals surface area contributed by atoms with Crippen molar-refractivity contribution in [3.63, 3.8) is 0 Å². The summed E-state index contributed by atoms with van der Waals surface area (Å²) in [5.41, 5.74) is 8.83. The van der Waals surface area contributed by atoms with Crippen molar-refractivity contribution in [3.05, 3.63) is 17.6 Å². The third kappa shape index (κ3) is 2.84. The Labute approximate surface area is 116 Å². The number of pyridine rings is 1. The minimum Gasteiger partial charge on any atom is -0.617 e. The van der Waals surface area contributed by atoms with Crippen LogP contribution in [0.2, 0.25) is 0 Å². The van der Waals surface area contributed by atoms with Crippen molar-refractivity contribution in [1.82, 2.24) is 14.5 Å². The van der Waals surface area contributed by atoms with E-state index in [0.717, 1.165) is 41.8 Å². The topological polar surface area (TPSA) is 79.8 Å². The smallest absolute Gasteiger partial charge is 0.151 e. The Kier molecular flexibility index (Phi) is 4.31. The van der Waals surface area contributed by atoms with Gasteiger partial charge in [-0.05, 0) is 12.5 Å². The number of nitrogens with zero attached hydrogens (tertiary/aromatic N) is 3. The fourth-order valence-corrected chi connectivity index (χ4v) is 2.84. The number of nitrogen functional groups attached to an aromatic ring is 1. The molecule has 19 heavy (non-hydrogen) atoms. The van der Waals surface area contributed by atoms with Crippen LogP contribution in [0, 0.1) is 6.92 Å². The van der Waals surface area contributed by atoms with Crippen molar-refractivity contribution >= 4 is 28.0 Å². The van der Waals surface area contributed by atoms with Crippen LogP contribution in [0.15, 0.2) is 6.20 Å². The summed E-state index contributed by atoms with van der Waals surface area (Å²) < 4.78 is 13.4. The minimum atomic E-state index is -0.750. The summed E-state index contributed by atoms with van der Waals surface area (Å²) >= 11 is -0.750. The monoisotopic (exact) mass is 280 g/mol. The maximum atomic E-state index is 11.2. The molecule has 0 bridgehead atoms. The molecule has 0 spiro atoms. The largest absolute Gasteiger partial charge is 0.617 e. The van der Waals surface area contributed by atoms with Crippen LogP contribution in [-0.4, -0.2) is 31.1 Å². The highest BCUT2D eigenvalue weighted by Gasteiger charge is 2.14. The van der Waals surface area contributed by atoms with Crippen LogP contribution in [-0.2, 0) is 24.1 Å². The number of fused-ring (bicyclic) bond motifs is 1. The van der Waals surface area contributed by atoms with Gasteiger partial charge in [0.05, 0.1) is 11.8 Å². The molecule has 1 unspecified atom stereocenters. The third-order valence-electron chi connectivity index (χ3n) is 3.19. The second-order valence-electron chi connectivity index (χ2n) is 4.69. The molecule has 0 radical (unpaired) electrons. The molecule has 0 amide bonds. The van der Waals surface area contributed by atoms with Crippen molar-refractivity contribution in [3.8, 4) is 0 Å². The van der Waals surface area contributed by atoms with Gasteiger partial charge in [-0.1, -0.05) is 18.1 Å². The molecule has 2 aromatic heterocycles. The molecule has 0 saturated heterocycles. The van der Waals surface area contributed by atoms with Gasteiger partial charge in [-0.2, -0.15) is 0 Å². The van der Waals surface area contributed by atoms with E-state index in [0.29, 0.717) is 11.6 Å². The van der Waals surface area contributed by atoms with Gasteiger partial charge in [0.15, 0.2) is 5.82 Å². The highest BCUT2D eigenvalue weighted by Crippen LogP contribution is 2.24. The molecule has 104 valence electrons. The molecular formula is C13H20N4OS. The predicted octanol–water partition coefficient (Wildman–Crippen LogP) is 1.65. The second-order valence-corrected chi connectivity index (χ2v) is 6.24. The molecule has 2 N–H and O–H groups in total. The molecule has 0 aromatic carbocycles. The summed E-state index contributed by atoms with van der Waals surface area (Å²) in [7, 11) is 0. The molecular weight excluding hydrogens is 260 g/mol. The first-order valence-electron chi connectivity index (χ1n) is 6.44. The van der Waals surface area contributed by atoms with Gasteiger partial charge in [0.2, 0.25) is 0 Å². The summed E-state index contributed by atoms with van der Waals surface area (Å²) in [5, 5.41) is 0. The maximum Gasteiger partial charge on any atom is 0.151 e. The van der Waals surface area contributed by atoms with Crippen molar-refractivity contribution in [1.29, 1.82) is 0 Å². The number of rotatable bonds is 5. The summed E-state index contributed by atoms with van der Waals surface area (Å²) in [6, 6.07) is 0. The predicted molar refractivity (Wildman–Crippen MR) is 79.6 cm³/mol. The zero-order valence-electron chi connectivity index (χ0n) is 11.6. The van der Waals surface area contributed by atoms with Crippen LogP contribution in [0.3, 0.4) is 0 Å². The van der Waals surface area contributed by atoms with Crippen LogP contribution in [0.5, 0.6) is 0 Å². The van der Waals surface area contributed by atoms with Gasteiger partial charge in [-0.3, -0.25) is 0 Å². The van der Waals surface area contributed by atoms with E-state index in [1.54, 1.807) is 12.5 Å². The second kappa shape index (κ2) is 5.79. The Balaban J connectivity index is 2.42. The normalized spacial score (nSPS) is 13.1. The van der Waals surface area contributed by atoms with Gasteiger partial charge >= 0.3 is 0 Å². The Bertz CT molecular complexity index is 580. The quantitative estimate of drug-likeness (QED) is 0.845. The zero-order chi connectivity index (χ0) is 14.0. The SMILES string of the molecule is CCc1nc2c(N)ncc(C)c2n1CCC[S+](C)[O-]. The van der Waals surface area contributed by atoms with Crippen LogP contribution >= 0.6 is 0 Å². The first kappa shape index (κ1) is 14.1. The van der Waals surface area contributed by atoms with E-state index in [1.807, 2.05) is 6.92 Å². The molecule has 0 saturated carbocycles. The molecule has 0 aliphatic rings. The maximum absolute atomic E-state index is 11.2. The highest BCUT2D eigenvalue weighted by molar-refractivity contribution is 7.90. The van der Waals surface area contributed by atoms with Gasteiger partial charge in [-0.15, -0.1) is 0 Å². The summed E-state index contributed by atoms with van der Waals surface area (Å²) in [4.78, 5) is 8.75. The lowest BCUT2D eigenvalue weighted by Crippen LogP contribution is -2.10. The molecule has 0 aliphatic carbocycles. The molecule has 5 nitrogen and oxygen atoms in total. The van der Waals surface area contributed by atoms with E-state index >= 15 is 0 Å². The Morgan fingerprint density at radius 3 is 2.84 bits per heavy atom. The number of nitrogens with two attached hydrogens (primary N) is 1. The van der Waals surface area contributed by atoms with Crippen LogP contribution in [0.4, 0.5) is 5.82 Å². The molecule has 6 heteroatoms. The van der Waals surface area contributed by atoms with Crippen molar-refractivity contribution < 1.29 is 4.55 Å². The first-order chi connectivity index (χ1) is 9.04. The van der Waals surface area contributed by atoms with Crippen molar-refractivity contribution in [2.24, 2.45) is 0 Å².